The molecule has 0 fully saturated rings. The molecule has 0 aliphatic rings. The molecule has 2 aromatic heterocycles. The maximum absolute atomic E-state index is 4.99. The molecule has 28 heavy (non-hydrogen) atoms. The number of hydrogen-bond donors (Lipinski definition) is 0. The Hall–Kier alpha value is -2.92. The third kappa shape index (κ3) is 3.22. The van der Waals surface area contributed by atoms with E-state index in [0.29, 0.717) is 0 Å². The molecule has 2 heterocycles. The Morgan fingerprint density at radius 3 is 2.00 bits per heavy atom. The Bertz CT molecular complexity index is 1260. The van der Waals surface area contributed by atoms with Crippen LogP contribution in [-0.2, 0) is 0 Å². The second kappa shape index (κ2) is 7.24. The van der Waals surface area contributed by atoms with E-state index < -0.39 is 0 Å². The first kappa shape index (κ1) is 17.2. The summed E-state index contributed by atoms with van der Waals surface area (Å²) in [7, 11) is 0. The van der Waals surface area contributed by atoms with E-state index in [1.54, 1.807) is 0 Å². The fraction of sp³-hybridized carbons (Fsp3) is 0. The molecular weight excluding hydrogens is 455 g/mol. The van der Waals surface area contributed by atoms with Crippen LogP contribution in [0, 0.1) is 3.57 Å². The second-order valence-corrected chi connectivity index (χ2v) is 7.99. The van der Waals surface area contributed by atoms with Crippen molar-refractivity contribution in [3.63, 3.8) is 0 Å². The van der Waals surface area contributed by atoms with Gasteiger partial charge in [-0.15, -0.1) is 0 Å². The van der Waals surface area contributed by atoms with E-state index in [1.807, 2.05) is 12.1 Å². The van der Waals surface area contributed by atoms with Crippen LogP contribution in [0.4, 0.5) is 0 Å². The Morgan fingerprint density at radius 2 is 1.29 bits per heavy atom. The average Bonchev–Trinajstić information content (AvgIpc) is 3.19. The molecule has 3 aromatic carbocycles. The zero-order valence-electron chi connectivity index (χ0n) is 15.1. The molecule has 3 heteroatoms. The third-order valence-electron chi connectivity index (χ3n) is 4.86. The predicted molar refractivity (Wildman–Crippen MR) is 124 cm³/mol. The first-order chi connectivity index (χ1) is 13.8. The molecule has 0 N–H and O–H groups in total. The number of hydrogen-bond acceptors (Lipinski definition) is 1. The SMILES string of the molecule is Ic1cccc(-c2cn3cc(-c4ccccc4)cc(-c4ccccc4)c3n2)c1. The first-order valence-corrected chi connectivity index (χ1v) is 10.3. The van der Waals surface area contributed by atoms with Crippen LogP contribution in [0.25, 0.3) is 39.2 Å². The molecule has 0 unspecified atom stereocenters. The highest BCUT2D eigenvalue weighted by atomic mass is 127. The largest absolute Gasteiger partial charge is 0.305 e. The minimum Gasteiger partial charge on any atom is -0.305 e. The van der Waals surface area contributed by atoms with Crippen LogP contribution in [0.2, 0.25) is 0 Å². The van der Waals surface area contributed by atoms with E-state index in [-0.39, 0.29) is 0 Å². The topological polar surface area (TPSA) is 17.3 Å². The van der Waals surface area contributed by atoms with Gasteiger partial charge in [0.15, 0.2) is 0 Å². The molecule has 2 nitrogen and oxygen atoms in total. The van der Waals surface area contributed by atoms with Gasteiger partial charge in [-0.25, -0.2) is 4.98 Å². The van der Waals surface area contributed by atoms with Crippen LogP contribution in [-0.4, -0.2) is 9.38 Å². The quantitative estimate of drug-likeness (QED) is 0.260. The zero-order valence-corrected chi connectivity index (χ0v) is 17.2. The molecule has 0 radical (unpaired) electrons. The van der Waals surface area contributed by atoms with Crippen LogP contribution < -0.4 is 0 Å². The smallest absolute Gasteiger partial charge is 0.145 e. The predicted octanol–water partition coefficient (Wildman–Crippen LogP) is 6.94. The summed E-state index contributed by atoms with van der Waals surface area (Å²) in [6.45, 7) is 0. The zero-order chi connectivity index (χ0) is 18.9. The van der Waals surface area contributed by atoms with E-state index in [4.69, 9.17) is 4.98 Å². The molecule has 0 saturated heterocycles. The van der Waals surface area contributed by atoms with Crippen molar-refractivity contribution in [3.05, 3.63) is 107 Å². The van der Waals surface area contributed by atoms with Gasteiger partial charge in [0.2, 0.25) is 0 Å². The van der Waals surface area contributed by atoms with Crippen LogP contribution in [0.3, 0.4) is 0 Å². The number of imidazole rings is 1. The van der Waals surface area contributed by atoms with Gasteiger partial charge in [-0.1, -0.05) is 72.8 Å². The summed E-state index contributed by atoms with van der Waals surface area (Å²) in [5, 5.41) is 0. The van der Waals surface area contributed by atoms with Crippen molar-refractivity contribution in [2.24, 2.45) is 0 Å². The van der Waals surface area contributed by atoms with Gasteiger partial charge in [0.1, 0.15) is 5.65 Å². The van der Waals surface area contributed by atoms with Gasteiger partial charge in [0.25, 0.3) is 0 Å². The molecule has 0 atom stereocenters. The van der Waals surface area contributed by atoms with Gasteiger partial charge in [0, 0.05) is 27.1 Å². The minimum atomic E-state index is 0.972. The average molecular weight is 472 g/mol. The van der Waals surface area contributed by atoms with Gasteiger partial charge in [0.05, 0.1) is 5.69 Å². The Balaban J connectivity index is 1.77. The molecular formula is C25H17IN2. The molecule has 5 rings (SSSR count). The molecule has 0 spiro atoms. The van der Waals surface area contributed by atoms with Crippen molar-refractivity contribution in [3.8, 4) is 33.5 Å². The monoisotopic (exact) mass is 472 g/mol. The van der Waals surface area contributed by atoms with Gasteiger partial charge >= 0.3 is 0 Å². The van der Waals surface area contributed by atoms with E-state index >= 15 is 0 Å². The summed E-state index contributed by atoms with van der Waals surface area (Å²) in [6, 6.07) is 31.7. The summed E-state index contributed by atoms with van der Waals surface area (Å²) in [5.74, 6) is 0. The lowest BCUT2D eigenvalue weighted by molar-refractivity contribution is 1.19. The summed E-state index contributed by atoms with van der Waals surface area (Å²) < 4.78 is 3.36. The summed E-state index contributed by atoms with van der Waals surface area (Å²) in [4.78, 5) is 4.99. The van der Waals surface area contributed by atoms with Gasteiger partial charge < -0.3 is 4.40 Å². The van der Waals surface area contributed by atoms with Crippen molar-refractivity contribution in [2.45, 2.75) is 0 Å². The number of benzene rings is 3. The molecule has 0 aliphatic carbocycles. The number of fused-ring (bicyclic) bond motifs is 1. The number of rotatable bonds is 3. The highest BCUT2D eigenvalue weighted by molar-refractivity contribution is 14.1. The lowest BCUT2D eigenvalue weighted by Crippen LogP contribution is -1.90. The highest BCUT2D eigenvalue weighted by Crippen LogP contribution is 2.32. The van der Waals surface area contributed by atoms with Crippen molar-refractivity contribution >= 4 is 28.2 Å². The van der Waals surface area contributed by atoms with Crippen LogP contribution in [0.15, 0.2) is 103 Å². The summed E-state index contributed by atoms with van der Waals surface area (Å²) >= 11 is 2.35. The number of aromatic nitrogens is 2. The Labute approximate surface area is 177 Å². The standard InChI is InChI=1S/C25H17IN2/c26-22-13-7-12-20(14-22)24-17-28-16-21(18-8-3-1-4-9-18)15-23(25(28)27-24)19-10-5-2-6-11-19/h1-17H. The van der Waals surface area contributed by atoms with E-state index in [2.05, 4.69) is 118 Å². The lowest BCUT2D eigenvalue weighted by Gasteiger charge is -2.09. The van der Waals surface area contributed by atoms with Crippen molar-refractivity contribution in [2.75, 3.05) is 0 Å². The third-order valence-corrected chi connectivity index (χ3v) is 5.53. The van der Waals surface area contributed by atoms with Crippen LogP contribution in [0.5, 0.6) is 0 Å². The second-order valence-electron chi connectivity index (χ2n) is 6.74. The molecule has 5 aromatic rings. The number of pyridine rings is 1. The van der Waals surface area contributed by atoms with Crippen molar-refractivity contribution in [1.29, 1.82) is 0 Å². The Morgan fingerprint density at radius 1 is 0.607 bits per heavy atom. The molecule has 134 valence electrons. The minimum absolute atomic E-state index is 0.972. The first-order valence-electron chi connectivity index (χ1n) is 9.17. The van der Waals surface area contributed by atoms with E-state index in [1.165, 1.54) is 20.3 Å². The summed E-state index contributed by atoms with van der Waals surface area (Å²) in [6.07, 6.45) is 4.29. The fourth-order valence-electron chi connectivity index (χ4n) is 3.50. The highest BCUT2D eigenvalue weighted by Gasteiger charge is 2.12. The van der Waals surface area contributed by atoms with Crippen molar-refractivity contribution in [1.82, 2.24) is 9.38 Å². The van der Waals surface area contributed by atoms with Crippen LogP contribution >= 0.6 is 22.6 Å². The molecule has 0 amide bonds. The maximum atomic E-state index is 4.99. The number of halogens is 1. The normalized spacial score (nSPS) is 11.0. The molecule has 0 bridgehead atoms. The fourth-order valence-corrected chi connectivity index (χ4v) is 4.05. The summed E-state index contributed by atoms with van der Waals surface area (Å²) in [5.41, 5.74) is 7.78. The Kier molecular flexibility index (Phi) is 4.45. The van der Waals surface area contributed by atoms with E-state index in [9.17, 15) is 0 Å². The maximum Gasteiger partial charge on any atom is 0.145 e. The van der Waals surface area contributed by atoms with Crippen LogP contribution in [0.1, 0.15) is 0 Å². The van der Waals surface area contributed by atoms with Gasteiger partial charge in [-0.2, -0.15) is 0 Å². The van der Waals surface area contributed by atoms with Crippen molar-refractivity contribution < 1.29 is 0 Å². The lowest BCUT2D eigenvalue weighted by atomic mass is 10.0. The molecule has 0 saturated carbocycles. The van der Waals surface area contributed by atoms with E-state index in [0.717, 1.165) is 22.5 Å². The van der Waals surface area contributed by atoms with Gasteiger partial charge in [-0.05, 0) is 57.5 Å². The number of nitrogens with zero attached hydrogens (tertiary/aromatic N) is 2. The van der Waals surface area contributed by atoms with Gasteiger partial charge in [-0.3, -0.25) is 0 Å². The molecule has 0 aliphatic heterocycles.